The molecule has 0 amide bonds. The van der Waals surface area contributed by atoms with E-state index in [1.165, 1.54) is 0 Å². The zero-order chi connectivity index (χ0) is 14.5. The molecule has 1 unspecified atom stereocenters. The van der Waals surface area contributed by atoms with Gasteiger partial charge in [0.1, 0.15) is 5.75 Å². The largest absolute Gasteiger partial charge is 0.497 e. The van der Waals surface area contributed by atoms with Gasteiger partial charge in [-0.3, -0.25) is 0 Å². The normalized spacial score (nSPS) is 12.2. The summed E-state index contributed by atoms with van der Waals surface area (Å²) in [6, 6.07) is 13.4. The molecule has 0 saturated heterocycles. The van der Waals surface area contributed by atoms with Gasteiger partial charge in [-0.15, -0.1) is 0 Å². The maximum atomic E-state index is 10.2. The summed E-state index contributed by atoms with van der Waals surface area (Å²) >= 11 is 9.53. The van der Waals surface area contributed by atoms with Crippen molar-refractivity contribution < 1.29 is 9.84 Å². The first-order chi connectivity index (χ1) is 9.58. The SMILES string of the molecule is COc1cccc(CC(O)Cc2ccc(Br)cc2Cl)c1. The van der Waals surface area contributed by atoms with Crippen LogP contribution in [0, 0.1) is 0 Å². The summed E-state index contributed by atoms with van der Waals surface area (Å²) in [6.45, 7) is 0. The fourth-order valence-corrected chi connectivity index (χ4v) is 2.84. The highest BCUT2D eigenvalue weighted by Crippen LogP contribution is 2.23. The van der Waals surface area contributed by atoms with Crippen molar-refractivity contribution in [1.29, 1.82) is 0 Å². The zero-order valence-electron chi connectivity index (χ0n) is 11.1. The average Bonchev–Trinajstić information content (AvgIpc) is 2.42. The molecule has 2 nitrogen and oxygen atoms in total. The molecule has 0 aromatic heterocycles. The Labute approximate surface area is 132 Å². The standard InChI is InChI=1S/C16H16BrClO2/c1-20-15-4-2-3-11(8-15)7-14(19)9-12-5-6-13(17)10-16(12)18/h2-6,8,10,14,19H,7,9H2,1H3. The van der Waals surface area contributed by atoms with Crippen molar-refractivity contribution in [3.8, 4) is 5.75 Å². The number of methoxy groups -OCH3 is 1. The fraction of sp³-hybridized carbons (Fsp3) is 0.250. The predicted molar refractivity (Wildman–Crippen MR) is 85.6 cm³/mol. The maximum Gasteiger partial charge on any atom is 0.119 e. The molecule has 0 radical (unpaired) electrons. The summed E-state index contributed by atoms with van der Waals surface area (Å²) in [7, 11) is 1.64. The summed E-state index contributed by atoms with van der Waals surface area (Å²) in [6.07, 6.45) is 0.633. The second-order valence-corrected chi connectivity index (χ2v) is 5.97. The highest BCUT2D eigenvalue weighted by molar-refractivity contribution is 9.10. The van der Waals surface area contributed by atoms with E-state index in [0.29, 0.717) is 17.9 Å². The Morgan fingerprint density at radius 1 is 1.20 bits per heavy atom. The molecule has 0 aliphatic carbocycles. The Morgan fingerprint density at radius 3 is 2.70 bits per heavy atom. The minimum absolute atomic E-state index is 0.471. The van der Waals surface area contributed by atoms with Gasteiger partial charge in [-0.05, 0) is 41.8 Å². The van der Waals surface area contributed by atoms with Gasteiger partial charge in [0.15, 0.2) is 0 Å². The molecule has 20 heavy (non-hydrogen) atoms. The first-order valence-corrected chi connectivity index (χ1v) is 7.50. The lowest BCUT2D eigenvalue weighted by Gasteiger charge is -2.13. The number of ether oxygens (including phenoxy) is 1. The van der Waals surface area contributed by atoms with E-state index < -0.39 is 6.10 Å². The molecule has 0 fully saturated rings. The van der Waals surface area contributed by atoms with Crippen LogP contribution in [0.25, 0.3) is 0 Å². The van der Waals surface area contributed by atoms with Crippen molar-refractivity contribution in [1.82, 2.24) is 0 Å². The monoisotopic (exact) mass is 354 g/mol. The molecular weight excluding hydrogens is 340 g/mol. The lowest BCUT2D eigenvalue weighted by molar-refractivity contribution is 0.175. The minimum atomic E-state index is -0.471. The van der Waals surface area contributed by atoms with Crippen LogP contribution in [-0.2, 0) is 12.8 Å². The number of aliphatic hydroxyl groups excluding tert-OH is 1. The van der Waals surface area contributed by atoms with Gasteiger partial charge in [0.05, 0.1) is 13.2 Å². The van der Waals surface area contributed by atoms with Crippen molar-refractivity contribution in [3.63, 3.8) is 0 Å². The minimum Gasteiger partial charge on any atom is -0.497 e. The molecule has 0 heterocycles. The summed E-state index contributed by atoms with van der Waals surface area (Å²) in [5.41, 5.74) is 2.00. The molecule has 0 saturated carbocycles. The number of hydrogen-bond donors (Lipinski definition) is 1. The van der Waals surface area contributed by atoms with Crippen LogP contribution in [-0.4, -0.2) is 18.3 Å². The van der Waals surface area contributed by atoms with Gasteiger partial charge >= 0.3 is 0 Å². The molecule has 106 valence electrons. The smallest absolute Gasteiger partial charge is 0.119 e. The Morgan fingerprint density at radius 2 is 2.00 bits per heavy atom. The molecule has 1 N–H and O–H groups in total. The third-order valence-corrected chi connectivity index (χ3v) is 3.92. The van der Waals surface area contributed by atoms with Gasteiger partial charge < -0.3 is 9.84 Å². The predicted octanol–water partition coefficient (Wildman–Crippen LogP) is 4.26. The van der Waals surface area contributed by atoms with E-state index in [9.17, 15) is 5.11 Å². The Bertz CT molecular complexity index is 586. The van der Waals surface area contributed by atoms with Crippen LogP contribution in [0.3, 0.4) is 0 Å². The Hall–Kier alpha value is -1.03. The molecule has 2 aromatic carbocycles. The van der Waals surface area contributed by atoms with Crippen molar-refractivity contribution in [2.24, 2.45) is 0 Å². The molecule has 2 rings (SSSR count). The summed E-state index contributed by atoms with van der Waals surface area (Å²) in [5.74, 6) is 0.802. The first-order valence-electron chi connectivity index (χ1n) is 6.33. The number of benzene rings is 2. The van der Waals surface area contributed by atoms with Crippen LogP contribution in [0.15, 0.2) is 46.9 Å². The van der Waals surface area contributed by atoms with Crippen molar-refractivity contribution in [2.75, 3.05) is 7.11 Å². The van der Waals surface area contributed by atoms with Crippen molar-refractivity contribution in [2.45, 2.75) is 18.9 Å². The van der Waals surface area contributed by atoms with Crippen LogP contribution in [0.4, 0.5) is 0 Å². The molecule has 2 aromatic rings. The van der Waals surface area contributed by atoms with Crippen LogP contribution >= 0.6 is 27.5 Å². The van der Waals surface area contributed by atoms with Crippen LogP contribution < -0.4 is 4.74 Å². The zero-order valence-corrected chi connectivity index (χ0v) is 13.5. The van der Waals surface area contributed by atoms with Gasteiger partial charge in [0.25, 0.3) is 0 Å². The van der Waals surface area contributed by atoms with Crippen molar-refractivity contribution in [3.05, 3.63) is 63.1 Å². The second-order valence-electron chi connectivity index (χ2n) is 4.65. The molecule has 1 atom stereocenters. The fourth-order valence-electron chi connectivity index (χ4n) is 2.08. The number of halogens is 2. The first kappa shape index (κ1) is 15.4. The maximum absolute atomic E-state index is 10.2. The van der Waals surface area contributed by atoms with E-state index in [-0.39, 0.29) is 0 Å². The number of aliphatic hydroxyl groups is 1. The van der Waals surface area contributed by atoms with E-state index in [0.717, 1.165) is 21.3 Å². The van der Waals surface area contributed by atoms with Crippen molar-refractivity contribution >= 4 is 27.5 Å². The molecular formula is C16H16BrClO2. The summed E-state index contributed by atoms with van der Waals surface area (Å²) < 4.78 is 6.12. The van der Waals surface area contributed by atoms with Gasteiger partial charge in [0, 0.05) is 15.9 Å². The van der Waals surface area contributed by atoms with Gasteiger partial charge in [-0.1, -0.05) is 45.7 Å². The molecule has 0 spiro atoms. The lowest BCUT2D eigenvalue weighted by atomic mass is 10.0. The third-order valence-electron chi connectivity index (χ3n) is 3.08. The van der Waals surface area contributed by atoms with E-state index in [1.807, 2.05) is 42.5 Å². The van der Waals surface area contributed by atoms with Gasteiger partial charge in [-0.2, -0.15) is 0 Å². The highest BCUT2D eigenvalue weighted by atomic mass is 79.9. The third kappa shape index (κ3) is 4.23. The van der Waals surface area contributed by atoms with Crippen LogP contribution in [0.5, 0.6) is 5.75 Å². The number of hydrogen-bond acceptors (Lipinski definition) is 2. The molecule has 0 aliphatic heterocycles. The Balaban J connectivity index is 2.02. The van der Waals surface area contributed by atoms with Crippen LogP contribution in [0.2, 0.25) is 5.02 Å². The van der Waals surface area contributed by atoms with E-state index in [1.54, 1.807) is 7.11 Å². The van der Waals surface area contributed by atoms with Gasteiger partial charge in [0.2, 0.25) is 0 Å². The van der Waals surface area contributed by atoms with E-state index in [4.69, 9.17) is 16.3 Å². The summed E-state index contributed by atoms with van der Waals surface area (Å²) in [4.78, 5) is 0. The molecule has 4 heteroatoms. The molecule has 0 bridgehead atoms. The molecule has 0 aliphatic rings. The quantitative estimate of drug-likeness (QED) is 0.868. The summed E-state index contributed by atoms with van der Waals surface area (Å²) in [5, 5.41) is 10.9. The van der Waals surface area contributed by atoms with E-state index in [2.05, 4.69) is 15.9 Å². The van der Waals surface area contributed by atoms with Gasteiger partial charge in [-0.25, -0.2) is 0 Å². The average molecular weight is 356 g/mol. The second kappa shape index (κ2) is 7.11. The highest BCUT2D eigenvalue weighted by Gasteiger charge is 2.10. The number of rotatable bonds is 5. The Kier molecular flexibility index (Phi) is 5.46. The van der Waals surface area contributed by atoms with E-state index >= 15 is 0 Å². The topological polar surface area (TPSA) is 29.5 Å². The lowest BCUT2D eigenvalue weighted by Crippen LogP contribution is -2.14. The van der Waals surface area contributed by atoms with Crippen LogP contribution in [0.1, 0.15) is 11.1 Å².